The maximum Gasteiger partial charge on any atom is 0.751 e. The van der Waals surface area contributed by atoms with Gasteiger partial charge in [0.2, 0.25) is 0 Å². The molecule has 0 saturated carbocycles. The van der Waals surface area contributed by atoms with E-state index in [-0.39, 0.29) is 63.4 Å². The van der Waals surface area contributed by atoms with Crippen molar-refractivity contribution in [2.24, 2.45) is 11.5 Å². The average molecular weight is 612 g/mol. The third-order valence-corrected chi connectivity index (χ3v) is 8.95. The van der Waals surface area contributed by atoms with Crippen LogP contribution in [-0.2, 0) is 19.1 Å². The lowest BCUT2D eigenvalue weighted by Gasteiger charge is -2.16. The minimum atomic E-state index is -4.18. The Hall–Kier alpha value is -2.31. The first-order valence-electron chi connectivity index (χ1n) is 10.2. The molecule has 2 aromatic carbocycles. The normalized spacial score (nSPS) is 11.8. The van der Waals surface area contributed by atoms with Gasteiger partial charge in [0.1, 0.15) is 34.3 Å². The molecule has 0 aliphatic carbocycles. The Kier molecular flexibility index (Phi) is 10.3. The van der Waals surface area contributed by atoms with Crippen molar-refractivity contribution < 1.29 is 35.9 Å². The van der Waals surface area contributed by atoms with E-state index in [0.29, 0.717) is 10.1 Å². The van der Waals surface area contributed by atoms with Crippen molar-refractivity contribution in [3.63, 3.8) is 0 Å². The van der Waals surface area contributed by atoms with Gasteiger partial charge in [0, 0.05) is 29.1 Å². The summed E-state index contributed by atoms with van der Waals surface area (Å²) >= 11 is 13.8. The van der Waals surface area contributed by atoms with E-state index in [1.165, 1.54) is 12.1 Å². The monoisotopic (exact) mass is 611 g/mol. The molecule has 0 saturated heterocycles. The van der Waals surface area contributed by atoms with E-state index < -0.39 is 30.8 Å². The first-order valence-corrected chi connectivity index (χ1v) is 14.4. The smallest absolute Gasteiger partial charge is 0.487 e. The van der Waals surface area contributed by atoms with E-state index in [9.17, 15) is 17.4 Å². The van der Waals surface area contributed by atoms with Crippen molar-refractivity contribution in [2.45, 2.75) is 4.21 Å². The van der Waals surface area contributed by atoms with Crippen LogP contribution in [0.2, 0.25) is 10.0 Å². The molecule has 198 valence electrons. The van der Waals surface area contributed by atoms with Crippen LogP contribution in [0.25, 0.3) is 10.1 Å². The number of ether oxygens (including phenoxy) is 2. The molecule has 5 N–H and O–H groups in total. The van der Waals surface area contributed by atoms with Crippen molar-refractivity contribution in [2.75, 3.05) is 33.0 Å². The molecule has 0 aliphatic rings. The molecule has 0 amide bonds. The number of rotatable bonds is 13. The van der Waals surface area contributed by atoms with Crippen molar-refractivity contribution in [3.8, 4) is 23.3 Å². The van der Waals surface area contributed by atoms with Crippen LogP contribution in [0.4, 0.5) is 4.39 Å². The van der Waals surface area contributed by atoms with Crippen molar-refractivity contribution >= 4 is 62.9 Å². The summed E-state index contributed by atoms with van der Waals surface area (Å²) in [4.78, 5) is 0. The van der Waals surface area contributed by atoms with Gasteiger partial charge in [-0.05, 0) is 18.2 Å². The Morgan fingerprint density at radius 1 is 1.11 bits per heavy atom. The van der Waals surface area contributed by atoms with E-state index >= 15 is 0 Å². The number of hydrogen-bond acceptors (Lipinski definition) is 11. The predicted octanol–water partition coefficient (Wildman–Crippen LogP) is 3.88. The molecule has 1 aromatic heterocycles. The summed E-state index contributed by atoms with van der Waals surface area (Å²) in [6.07, 6.45) is 0. The van der Waals surface area contributed by atoms with Gasteiger partial charge in [-0.15, -0.1) is 11.3 Å². The van der Waals surface area contributed by atoms with E-state index in [1.54, 1.807) is 6.07 Å². The van der Waals surface area contributed by atoms with Crippen LogP contribution in [0.15, 0.2) is 28.5 Å². The summed E-state index contributed by atoms with van der Waals surface area (Å²) < 4.78 is 74.4. The van der Waals surface area contributed by atoms with Crippen LogP contribution < -0.4 is 30.2 Å². The summed E-state index contributed by atoms with van der Waals surface area (Å²) in [6, 6.07) is 6.11. The summed E-state index contributed by atoms with van der Waals surface area (Å²) in [5, 5.41) is 9.18. The molecule has 0 fully saturated rings. The molecule has 0 spiro atoms. The molecule has 0 bridgehead atoms. The Morgan fingerprint density at radius 3 is 2.35 bits per heavy atom. The second kappa shape index (κ2) is 13.0. The minimum absolute atomic E-state index is 0.0694. The number of benzene rings is 2. The minimum Gasteiger partial charge on any atom is -0.487 e. The SMILES string of the molecule is N#Cc1ccc(O[P+](=O)OCNS(=O)(=O)c2cc3c(Cl)c(OCCN)c(OCCN)c(Cl)c3s2)cc1F. The molecule has 1 heterocycles. The molecule has 0 aliphatic heterocycles. The molecular formula is C20H19Cl2FN4O7PS2+. The largest absolute Gasteiger partial charge is 0.751 e. The molecule has 3 rings (SSSR count). The molecule has 1 atom stereocenters. The summed E-state index contributed by atoms with van der Waals surface area (Å²) in [5.41, 5.74) is 10.8. The Balaban J connectivity index is 1.76. The van der Waals surface area contributed by atoms with Crippen molar-refractivity contribution in [1.82, 2.24) is 4.72 Å². The van der Waals surface area contributed by atoms with Crippen LogP contribution >= 0.6 is 42.8 Å². The van der Waals surface area contributed by atoms with Gasteiger partial charge < -0.3 is 20.9 Å². The van der Waals surface area contributed by atoms with Gasteiger partial charge >= 0.3 is 8.25 Å². The molecule has 17 heteroatoms. The fourth-order valence-electron chi connectivity index (χ4n) is 2.81. The number of hydrogen-bond donors (Lipinski definition) is 3. The number of nitrogens with zero attached hydrogens (tertiary/aromatic N) is 1. The number of nitrogens with one attached hydrogen (secondary N) is 1. The maximum atomic E-state index is 13.6. The molecular weight excluding hydrogens is 593 g/mol. The highest BCUT2D eigenvalue weighted by Crippen LogP contribution is 2.50. The van der Waals surface area contributed by atoms with E-state index in [4.69, 9.17) is 58.5 Å². The predicted molar refractivity (Wildman–Crippen MR) is 137 cm³/mol. The maximum absolute atomic E-state index is 13.6. The zero-order valence-electron chi connectivity index (χ0n) is 18.7. The third kappa shape index (κ3) is 6.97. The third-order valence-electron chi connectivity index (χ3n) is 4.40. The standard InChI is InChI=1S/C20H19Cl2FN4O7PS2/c21-16-13-8-15(36-20(13)17(22)19(32-6-4-25)18(16)31-5-3-24)37(29,30)27-10-33-35(28)34-12-2-1-11(9-26)14(23)7-12/h1-2,7-8,27H,3-6,10,24-25H2/q+1. The van der Waals surface area contributed by atoms with Gasteiger partial charge in [-0.2, -0.15) is 9.98 Å². The summed E-state index contributed by atoms with van der Waals surface area (Å²) in [5.74, 6) is -0.841. The summed E-state index contributed by atoms with van der Waals surface area (Å²) in [7, 11) is -7.05. The molecule has 37 heavy (non-hydrogen) atoms. The Labute approximate surface area is 225 Å². The van der Waals surface area contributed by atoms with Gasteiger partial charge in [0.25, 0.3) is 10.0 Å². The molecule has 3 aromatic rings. The fraction of sp³-hybridized carbons (Fsp3) is 0.250. The highest BCUT2D eigenvalue weighted by Gasteiger charge is 2.28. The van der Waals surface area contributed by atoms with Gasteiger partial charge in [-0.3, -0.25) is 0 Å². The van der Waals surface area contributed by atoms with Gasteiger partial charge in [0.15, 0.2) is 24.0 Å². The van der Waals surface area contributed by atoms with Crippen LogP contribution in [-0.4, -0.2) is 41.5 Å². The number of nitriles is 1. The molecule has 0 radical (unpaired) electrons. The van der Waals surface area contributed by atoms with E-state index in [2.05, 4.69) is 4.72 Å². The number of fused-ring (bicyclic) bond motifs is 1. The van der Waals surface area contributed by atoms with Crippen LogP contribution in [0, 0.1) is 17.1 Å². The molecule has 1 unspecified atom stereocenters. The lowest BCUT2D eigenvalue weighted by atomic mass is 10.2. The Bertz CT molecular complexity index is 1420. The average Bonchev–Trinajstić information content (AvgIpc) is 3.32. The highest BCUT2D eigenvalue weighted by atomic mass is 35.5. The van der Waals surface area contributed by atoms with E-state index in [1.807, 2.05) is 0 Å². The quantitative estimate of drug-likeness (QED) is 0.190. The lowest BCUT2D eigenvalue weighted by Crippen LogP contribution is -2.24. The first kappa shape index (κ1) is 29.2. The van der Waals surface area contributed by atoms with Crippen LogP contribution in [0.3, 0.4) is 0 Å². The van der Waals surface area contributed by atoms with Crippen LogP contribution in [0.1, 0.15) is 5.56 Å². The second-order valence-electron chi connectivity index (χ2n) is 6.86. The number of halogens is 3. The zero-order chi connectivity index (χ0) is 27.2. The fourth-order valence-corrected chi connectivity index (χ4v) is 6.44. The highest BCUT2D eigenvalue weighted by molar-refractivity contribution is 7.91. The lowest BCUT2D eigenvalue weighted by molar-refractivity contribution is 0.279. The van der Waals surface area contributed by atoms with Gasteiger partial charge in [-0.1, -0.05) is 27.7 Å². The number of nitrogens with two attached hydrogens (primary N) is 2. The Morgan fingerprint density at radius 2 is 1.76 bits per heavy atom. The first-order chi connectivity index (χ1) is 17.6. The van der Waals surface area contributed by atoms with E-state index in [0.717, 1.165) is 23.5 Å². The summed E-state index contributed by atoms with van der Waals surface area (Å²) in [6.45, 7) is -0.166. The van der Waals surface area contributed by atoms with Gasteiger partial charge in [0.05, 0.1) is 15.3 Å². The number of thiophene rings is 1. The zero-order valence-corrected chi connectivity index (χ0v) is 22.7. The van der Waals surface area contributed by atoms with Crippen molar-refractivity contribution in [3.05, 3.63) is 45.7 Å². The second-order valence-corrected chi connectivity index (χ2v) is 11.5. The molecule has 11 nitrogen and oxygen atoms in total. The topological polar surface area (TPSA) is 176 Å². The van der Waals surface area contributed by atoms with Crippen molar-refractivity contribution in [1.29, 1.82) is 5.26 Å². The number of sulfonamides is 1. The van der Waals surface area contributed by atoms with Crippen LogP contribution in [0.5, 0.6) is 17.2 Å². The van der Waals surface area contributed by atoms with Gasteiger partial charge in [-0.25, -0.2) is 17.3 Å².